The zero-order valence-electron chi connectivity index (χ0n) is 12.1. The van der Waals surface area contributed by atoms with Crippen LogP contribution >= 0.6 is 0 Å². The summed E-state index contributed by atoms with van der Waals surface area (Å²) in [6.45, 7) is 5.65. The quantitative estimate of drug-likeness (QED) is 0.813. The van der Waals surface area contributed by atoms with E-state index in [1.807, 2.05) is 20.8 Å². The Kier molecular flexibility index (Phi) is 6.21. The topological polar surface area (TPSA) is 66.4 Å². The Morgan fingerprint density at radius 1 is 1.35 bits per heavy atom. The molecule has 2 N–H and O–H groups in total. The maximum absolute atomic E-state index is 12.3. The molecule has 0 amide bonds. The molecule has 1 rings (SSSR count). The maximum atomic E-state index is 12.3. The second-order valence-electron chi connectivity index (χ2n) is 4.78. The summed E-state index contributed by atoms with van der Waals surface area (Å²) in [6, 6.07) is 6.27. The molecule has 110 valence electrons. The minimum atomic E-state index is -3.54. The van der Waals surface area contributed by atoms with Crippen LogP contribution in [0.5, 0.6) is 0 Å². The van der Waals surface area contributed by atoms with Gasteiger partial charge in [0, 0.05) is 11.6 Å². The van der Waals surface area contributed by atoms with Crippen LogP contribution in [0.25, 0.3) is 0 Å². The first-order chi connectivity index (χ1) is 9.40. The van der Waals surface area contributed by atoms with Gasteiger partial charge in [-0.1, -0.05) is 38.2 Å². The van der Waals surface area contributed by atoms with Crippen molar-refractivity contribution >= 4 is 10.0 Å². The second kappa shape index (κ2) is 7.44. The van der Waals surface area contributed by atoms with Crippen LogP contribution in [0.3, 0.4) is 0 Å². The lowest BCUT2D eigenvalue weighted by molar-refractivity contribution is 0.350. The lowest BCUT2D eigenvalue weighted by Gasteiger charge is -2.19. The molecule has 2 unspecified atom stereocenters. The fraction of sp³-hybridized carbons (Fsp3) is 0.467. The Balaban J connectivity index is 2.98. The van der Waals surface area contributed by atoms with Crippen molar-refractivity contribution in [1.82, 2.24) is 4.72 Å². The molecule has 1 aromatic carbocycles. The monoisotopic (exact) mass is 295 g/mol. The van der Waals surface area contributed by atoms with Crippen molar-refractivity contribution in [3.05, 3.63) is 29.8 Å². The van der Waals surface area contributed by atoms with Gasteiger partial charge in [0.05, 0.1) is 4.90 Å². The van der Waals surface area contributed by atoms with E-state index < -0.39 is 10.0 Å². The van der Waals surface area contributed by atoms with Gasteiger partial charge in [-0.3, -0.25) is 0 Å². The minimum Gasteiger partial charge on any atom is -0.384 e. The van der Waals surface area contributed by atoms with E-state index in [2.05, 4.69) is 16.6 Å². The van der Waals surface area contributed by atoms with Gasteiger partial charge in [0.15, 0.2) is 0 Å². The van der Waals surface area contributed by atoms with Gasteiger partial charge >= 0.3 is 0 Å². The first-order valence-corrected chi connectivity index (χ1v) is 8.11. The largest absolute Gasteiger partial charge is 0.384 e. The smallest absolute Gasteiger partial charge is 0.240 e. The highest BCUT2D eigenvalue weighted by Crippen LogP contribution is 2.14. The third kappa shape index (κ3) is 4.64. The third-order valence-electron chi connectivity index (χ3n) is 3.29. The molecular weight excluding hydrogens is 274 g/mol. The second-order valence-corrected chi connectivity index (χ2v) is 6.50. The molecule has 2 atom stereocenters. The van der Waals surface area contributed by atoms with Gasteiger partial charge in [-0.15, -0.1) is 0 Å². The zero-order valence-corrected chi connectivity index (χ0v) is 12.9. The lowest BCUT2D eigenvalue weighted by Crippen LogP contribution is -2.36. The number of nitrogens with one attached hydrogen (secondary N) is 1. The number of hydrogen-bond acceptors (Lipinski definition) is 3. The van der Waals surface area contributed by atoms with Gasteiger partial charge in [0.2, 0.25) is 10.0 Å². The fourth-order valence-corrected chi connectivity index (χ4v) is 3.06. The third-order valence-corrected chi connectivity index (χ3v) is 4.85. The van der Waals surface area contributed by atoms with Crippen LogP contribution in [-0.4, -0.2) is 26.2 Å². The molecule has 0 saturated carbocycles. The molecule has 0 heterocycles. The molecule has 1 aromatic rings. The average Bonchev–Trinajstić information content (AvgIpc) is 2.44. The van der Waals surface area contributed by atoms with Gasteiger partial charge in [-0.25, -0.2) is 13.1 Å². The number of sulfonamides is 1. The molecule has 0 fully saturated rings. The van der Waals surface area contributed by atoms with Crippen molar-refractivity contribution in [2.75, 3.05) is 6.61 Å². The summed E-state index contributed by atoms with van der Waals surface area (Å²) in [5.74, 6) is 5.47. The summed E-state index contributed by atoms with van der Waals surface area (Å²) in [5, 5.41) is 8.66. The Morgan fingerprint density at radius 2 is 2.05 bits per heavy atom. The molecule has 0 aliphatic heterocycles. The van der Waals surface area contributed by atoms with Gasteiger partial charge in [0.25, 0.3) is 0 Å². The van der Waals surface area contributed by atoms with Crippen LogP contribution in [0.2, 0.25) is 0 Å². The first kappa shape index (κ1) is 16.7. The van der Waals surface area contributed by atoms with E-state index in [-0.39, 0.29) is 23.5 Å². The predicted molar refractivity (Wildman–Crippen MR) is 79.6 cm³/mol. The Morgan fingerprint density at radius 3 is 2.65 bits per heavy atom. The lowest BCUT2D eigenvalue weighted by atomic mass is 10.0. The van der Waals surface area contributed by atoms with E-state index in [0.717, 1.165) is 6.42 Å². The zero-order chi connectivity index (χ0) is 15.2. The van der Waals surface area contributed by atoms with Crippen LogP contribution in [0, 0.1) is 17.8 Å². The van der Waals surface area contributed by atoms with Gasteiger partial charge in [0.1, 0.15) is 6.61 Å². The maximum Gasteiger partial charge on any atom is 0.240 e. The molecule has 0 aliphatic carbocycles. The highest BCUT2D eigenvalue weighted by Gasteiger charge is 2.20. The standard InChI is InChI=1S/C15H21NO3S/c1-4-12(2)13(3)16-20(18,19)15-9-5-7-14(11-15)8-6-10-17/h5,7,9,11-13,16-17H,4,10H2,1-3H3. The summed E-state index contributed by atoms with van der Waals surface area (Å²) < 4.78 is 27.2. The number of benzene rings is 1. The molecule has 0 radical (unpaired) electrons. The summed E-state index contributed by atoms with van der Waals surface area (Å²) in [6.07, 6.45) is 0.908. The van der Waals surface area contributed by atoms with Crippen LogP contribution < -0.4 is 4.72 Å². The Bertz CT molecular complexity index is 599. The Hall–Kier alpha value is -1.35. The van der Waals surface area contributed by atoms with Crippen LogP contribution in [0.1, 0.15) is 32.8 Å². The number of aliphatic hydroxyl groups is 1. The normalized spacial score (nSPS) is 14.2. The van der Waals surface area contributed by atoms with E-state index >= 15 is 0 Å². The van der Waals surface area contributed by atoms with E-state index in [1.165, 1.54) is 12.1 Å². The van der Waals surface area contributed by atoms with Crippen molar-refractivity contribution in [3.63, 3.8) is 0 Å². The van der Waals surface area contributed by atoms with E-state index in [9.17, 15) is 8.42 Å². The SMILES string of the molecule is CCC(C)C(C)NS(=O)(=O)c1cccc(C#CCO)c1. The summed E-state index contributed by atoms with van der Waals surface area (Å²) in [4.78, 5) is 0.192. The van der Waals surface area contributed by atoms with Gasteiger partial charge < -0.3 is 5.11 Å². The first-order valence-electron chi connectivity index (χ1n) is 6.62. The molecule has 5 heteroatoms. The summed E-state index contributed by atoms with van der Waals surface area (Å²) >= 11 is 0. The van der Waals surface area contributed by atoms with Crippen molar-refractivity contribution in [2.24, 2.45) is 5.92 Å². The molecule has 0 spiro atoms. The number of aliphatic hydroxyl groups excluding tert-OH is 1. The molecular formula is C15H21NO3S. The molecule has 4 nitrogen and oxygen atoms in total. The molecule has 0 aromatic heterocycles. The summed E-state index contributed by atoms with van der Waals surface area (Å²) in [5.41, 5.74) is 0.568. The van der Waals surface area contributed by atoms with E-state index in [0.29, 0.717) is 5.56 Å². The molecule has 0 bridgehead atoms. The van der Waals surface area contributed by atoms with Crippen molar-refractivity contribution in [1.29, 1.82) is 0 Å². The van der Waals surface area contributed by atoms with Crippen molar-refractivity contribution in [3.8, 4) is 11.8 Å². The molecule has 0 saturated heterocycles. The van der Waals surface area contributed by atoms with Crippen molar-refractivity contribution < 1.29 is 13.5 Å². The Labute approximate surface area is 121 Å². The number of rotatable bonds is 5. The fourth-order valence-electron chi connectivity index (χ4n) is 1.67. The van der Waals surface area contributed by atoms with E-state index in [1.54, 1.807) is 12.1 Å². The van der Waals surface area contributed by atoms with Gasteiger partial charge in [-0.05, 0) is 31.0 Å². The van der Waals surface area contributed by atoms with Crippen molar-refractivity contribution in [2.45, 2.75) is 38.1 Å². The minimum absolute atomic E-state index is 0.128. The van der Waals surface area contributed by atoms with Crippen LogP contribution in [0.4, 0.5) is 0 Å². The molecule has 0 aliphatic rings. The predicted octanol–water partition coefficient (Wildman–Crippen LogP) is 1.74. The van der Waals surface area contributed by atoms with Crippen LogP contribution in [-0.2, 0) is 10.0 Å². The summed E-state index contributed by atoms with van der Waals surface area (Å²) in [7, 11) is -3.54. The highest BCUT2D eigenvalue weighted by atomic mass is 32.2. The van der Waals surface area contributed by atoms with E-state index in [4.69, 9.17) is 5.11 Å². The van der Waals surface area contributed by atoms with Crippen LogP contribution in [0.15, 0.2) is 29.2 Å². The number of hydrogen-bond donors (Lipinski definition) is 2. The van der Waals surface area contributed by atoms with Gasteiger partial charge in [-0.2, -0.15) is 0 Å². The molecule has 20 heavy (non-hydrogen) atoms. The average molecular weight is 295 g/mol. The highest BCUT2D eigenvalue weighted by molar-refractivity contribution is 7.89.